The molecule has 0 amide bonds. The van der Waals surface area contributed by atoms with Crippen LogP contribution < -0.4 is 10.5 Å². The molecule has 0 spiro atoms. The molecule has 0 aliphatic rings. The third-order valence-corrected chi connectivity index (χ3v) is 4.74. The summed E-state index contributed by atoms with van der Waals surface area (Å²) in [6.07, 6.45) is 0.831. The molecule has 2 aromatic carbocycles. The number of thioether (sulfide) groups is 1. The molecule has 2 N–H and O–H groups in total. The van der Waals surface area contributed by atoms with Crippen molar-refractivity contribution in [3.05, 3.63) is 59.9 Å². The molecule has 0 saturated carbocycles. The molecule has 0 fully saturated rings. The van der Waals surface area contributed by atoms with E-state index in [0.29, 0.717) is 0 Å². The van der Waals surface area contributed by atoms with E-state index in [0.717, 1.165) is 22.6 Å². The average Bonchev–Trinajstić information content (AvgIpc) is 2.52. The number of ether oxygens (including phenoxy) is 1. The molecular formula is C17H20FNOS. The first kappa shape index (κ1) is 15.9. The molecule has 2 unspecified atom stereocenters. The lowest BCUT2D eigenvalue weighted by molar-refractivity contribution is 0.413. The van der Waals surface area contributed by atoms with E-state index in [1.165, 1.54) is 6.07 Å². The second kappa shape index (κ2) is 7.48. The van der Waals surface area contributed by atoms with Gasteiger partial charge in [0.05, 0.1) is 7.11 Å². The fraction of sp³-hybridized carbons (Fsp3) is 0.294. The fourth-order valence-electron chi connectivity index (χ4n) is 2.12. The van der Waals surface area contributed by atoms with Gasteiger partial charge in [-0.3, -0.25) is 0 Å². The van der Waals surface area contributed by atoms with Gasteiger partial charge in [0.2, 0.25) is 0 Å². The van der Waals surface area contributed by atoms with Gasteiger partial charge in [-0.2, -0.15) is 0 Å². The minimum atomic E-state index is -0.230. The van der Waals surface area contributed by atoms with E-state index in [9.17, 15) is 4.39 Å². The van der Waals surface area contributed by atoms with Gasteiger partial charge < -0.3 is 10.5 Å². The third-order valence-electron chi connectivity index (χ3n) is 3.34. The summed E-state index contributed by atoms with van der Waals surface area (Å²) in [5.74, 6) is 0.579. The molecule has 0 saturated heterocycles. The normalized spacial score (nSPS) is 13.7. The van der Waals surface area contributed by atoms with Crippen LogP contribution in [0.1, 0.15) is 24.2 Å². The Hall–Kier alpha value is -1.52. The number of hydrogen-bond donors (Lipinski definition) is 1. The van der Waals surface area contributed by atoms with E-state index in [2.05, 4.69) is 0 Å². The van der Waals surface area contributed by atoms with Crippen LogP contribution in [0, 0.1) is 5.82 Å². The number of hydrogen-bond acceptors (Lipinski definition) is 3. The van der Waals surface area contributed by atoms with Gasteiger partial charge in [0.15, 0.2) is 0 Å². The highest BCUT2D eigenvalue weighted by Crippen LogP contribution is 2.39. The van der Waals surface area contributed by atoms with Crippen LogP contribution in [0.5, 0.6) is 5.75 Å². The zero-order valence-corrected chi connectivity index (χ0v) is 13.1. The zero-order valence-electron chi connectivity index (χ0n) is 12.3. The van der Waals surface area contributed by atoms with Crippen molar-refractivity contribution < 1.29 is 9.13 Å². The second-order valence-corrected chi connectivity index (χ2v) is 6.06. The summed E-state index contributed by atoms with van der Waals surface area (Å²) in [4.78, 5) is 1.06. The predicted molar refractivity (Wildman–Crippen MR) is 86.3 cm³/mol. The van der Waals surface area contributed by atoms with Crippen LogP contribution in [0.15, 0.2) is 53.4 Å². The van der Waals surface area contributed by atoms with Crippen LogP contribution in [0.4, 0.5) is 4.39 Å². The molecule has 112 valence electrons. The molecule has 0 aliphatic heterocycles. The lowest BCUT2D eigenvalue weighted by Crippen LogP contribution is -2.25. The lowest BCUT2D eigenvalue weighted by Gasteiger charge is -2.23. The van der Waals surface area contributed by atoms with Crippen molar-refractivity contribution in [3.8, 4) is 5.75 Å². The molecule has 21 heavy (non-hydrogen) atoms. The first-order valence-corrected chi connectivity index (χ1v) is 7.83. The topological polar surface area (TPSA) is 35.2 Å². The molecule has 0 aliphatic carbocycles. The maximum Gasteiger partial charge on any atom is 0.123 e. The predicted octanol–water partition coefficient (Wildman–Crippen LogP) is 4.41. The first-order chi connectivity index (χ1) is 10.1. The van der Waals surface area contributed by atoms with Crippen molar-refractivity contribution in [2.45, 2.75) is 29.5 Å². The van der Waals surface area contributed by atoms with E-state index in [1.54, 1.807) is 31.0 Å². The SMILES string of the molecule is CCC(N)C(Sc1cccc(OC)c1)c1cccc(F)c1. The molecule has 0 radical (unpaired) electrons. The highest BCUT2D eigenvalue weighted by atomic mass is 32.2. The van der Waals surface area contributed by atoms with Gasteiger partial charge in [-0.1, -0.05) is 25.1 Å². The summed E-state index contributed by atoms with van der Waals surface area (Å²) in [5.41, 5.74) is 7.16. The Morgan fingerprint density at radius 1 is 1.19 bits per heavy atom. The maximum absolute atomic E-state index is 13.5. The molecular weight excluding hydrogens is 285 g/mol. The monoisotopic (exact) mass is 305 g/mol. The maximum atomic E-state index is 13.5. The van der Waals surface area contributed by atoms with Crippen molar-refractivity contribution in [3.63, 3.8) is 0 Å². The minimum Gasteiger partial charge on any atom is -0.497 e. The minimum absolute atomic E-state index is 0.0119. The van der Waals surface area contributed by atoms with E-state index in [4.69, 9.17) is 10.5 Å². The molecule has 0 aromatic heterocycles. The van der Waals surface area contributed by atoms with Crippen LogP contribution in [0.2, 0.25) is 0 Å². The molecule has 2 aromatic rings. The summed E-state index contributed by atoms with van der Waals surface area (Å²) in [7, 11) is 1.64. The summed E-state index contributed by atoms with van der Waals surface area (Å²) in [6, 6.07) is 14.5. The van der Waals surface area contributed by atoms with Crippen molar-refractivity contribution in [1.82, 2.24) is 0 Å². The van der Waals surface area contributed by atoms with Gasteiger partial charge in [0.25, 0.3) is 0 Å². The quantitative estimate of drug-likeness (QED) is 0.803. The van der Waals surface area contributed by atoms with Crippen LogP contribution in [-0.4, -0.2) is 13.2 Å². The van der Waals surface area contributed by atoms with Gasteiger partial charge in [-0.05, 0) is 42.3 Å². The Labute approximate surface area is 129 Å². The average molecular weight is 305 g/mol. The molecule has 0 bridgehead atoms. The smallest absolute Gasteiger partial charge is 0.123 e. The molecule has 0 heterocycles. The van der Waals surface area contributed by atoms with Crippen molar-refractivity contribution >= 4 is 11.8 Å². The number of halogens is 1. The Bertz CT molecular complexity index is 591. The Balaban J connectivity index is 2.28. The molecule has 2 atom stereocenters. The summed E-state index contributed by atoms with van der Waals surface area (Å²) >= 11 is 1.64. The van der Waals surface area contributed by atoms with E-state index >= 15 is 0 Å². The van der Waals surface area contributed by atoms with Crippen LogP contribution >= 0.6 is 11.8 Å². The third kappa shape index (κ3) is 4.22. The summed E-state index contributed by atoms with van der Waals surface area (Å²) < 4.78 is 18.7. The molecule has 2 nitrogen and oxygen atoms in total. The highest BCUT2D eigenvalue weighted by Gasteiger charge is 2.20. The summed E-state index contributed by atoms with van der Waals surface area (Å²) in [5, 5.41) is 0.0119. The van der Waals surface area contributed by atoms with E-state index < -0.39 is 0 Å². The first-order valence-electron chi connectivity index (χ1n) is 6.95. The van der Waals surface area contributed by atoms with Crippen molar-refractivity contribution in [2.24, 2.45) is 5.73 Å². The van der Waals surface area contributed by atoms with E-state index in [-0.39, 0.29) is 17.1 Å². The zero-order chi connectivity index (χ0) is 15.2. The van der Waals surface area contributed by atoms with Gasteiger partial charge >= 0.3 is 0 Å². The van der Waals surface area contributed by atoms with Crippen LogP contribution in [0.25, 0.3) is 0 Å². The van der Waals surface area contributed by atoms with Gasteiger partial charge in [-0.15, -0.1) is 11.8 Å². The second-order valence-electron chi connectivity index (χ2n) is 4.84. The summed E-state index contributed by atoms with van der Waals surface area (Å²) in [6.45, 7) is 2.04. The number of benzene rings is 2. The lowest BCUT2D eigenvalue weighted by atomic mass is 10.0. The van der Waals surface area contributed by atoms with Crippen molar-refractivity contribution in [1.29, 1.82) is 0 Å². The number of rotatable bonds is 6. The van der Waals surface area contributed by atoms with Gasteiger partial charge in [0, 0.05) is 16.2 Å². The number of nitrogens with two attached hydrogens (primary N) is 1. The largest absolute Gasteiger partial charge is 0.497 e. The fourth-order valence-corrected chi connectivity index (χ4v) is 3.41. The standard InChI is InChI=1S/C17H20FNOS/c1-3-16(19)17(12-6-4-7-13(18)10-12)21-15-9-5-8-14(11-15)20-2/h4-11,16-17H,3,19H2,1-2H3. The molecule has 4 heteroatoms. The van der Waals surface area contributed by atoms with Crippen molar-refractivity contribution in [2.75, 3.05) is 7.11 Å². The number of methoxy groups -OCH3 is 1. The van der Waals surface area contributed by atoms with Crippen LogP contribution in [0.3, 0.4) is 0 Å². The van der Waals surface area contributed by atoms with Crippen LogP contribution in [-0.2, 0) is 0 Å². The Kier molecular flexibility index (Phi) is 5.65. The molecule has 2 rings (SSSR count). The highest BCUT2D eigenvalue weighted by molar-refractivity contribution is 7.99. The Morgan fingerprint density at radius 3 is 2.62 bits per heavy atom. The van der Waals surface area contributed by atoms with E-state index in [1.807, 2.05) is 37.3 Å². The Morgan fingerprint density at radius 2 is 1.95 bits per heavy atom. The van der Waals surface area contributed by atoms with Gasteiger partial charge in [-0.25, -0.2) is 4.39 Å². The van der Waals surface area contributed by atoms with Gasteiger partial charge in [0.1, 0.15) is 11.6 Å².